The Hall–Kier alpha value is -2.70. The van der Waals surface area contributed by atoms with E-state index < -0.39 is 18.0 Å². The lowest BCUT2D eigenvalue weighted by atomic mass is 9.83. The minimum atomic E-state index is -1.17. The van der Waals surface area contributed by atoms with Crippen LogP contribution in [-0.4, -0.2) is 48.5 Å². The number of aliphatic hydroxyl groups is 1. The van der Waals surface area contributed by atoms with Gasteiger partial charge in [0, 0.05) is 11.8 Å². The van der Waals surface area contributed by atoms with Gasteiger partial charge >= 0.3 is 5.97 Å². The number of fused-ring (bicyclic) bond motifs is 2. The molecule has 3 atom stereocenters. The Balaban J connectivity index is 1.81. The number of hydrogen-bond acceptors (Lipinski definition) is 6. The predicted molar refractivity (Wildman–Crippen MR) is 82.8 cm³/mol. The van der Waals surface area contributed by atoms with E-state index in [-0.39, 0.29) is 23.3 Å². The second kappa shape index (κ2) is 4.90. The Morgan fingerprint density at radius 2 is 2.33 bits per heavy atom. The second-order valence-corrected chi connectivity index (χ2v) is 6.92. The smallest absolute Gasteiger partial charge is 0.352 e. The van der Waals surface area contributed by atoms with Crippen molar-refractivity contribution in [3.05, 3.63) is 28.8 Å². The fraction of sp³-hybridized carbons (Fsp3) is 0.333. The van der Waals surface area contributed by atoms with E-state index in [1.165, 1.54) is 22.6 Å². The van der Waals surface area contributed by atoms with Crippen molar-refractivity contribution in [2.24, 2.45) is 5.92 Å². The van der Waals surface area contributed by atoms with E-state index in [0.717, 1.165) is 0 Å². The molecule has 1 amide bonds. The highest BCUT2D eigenvalue weighted by Crippen LogP contribution is 2.48. The number of amides is 1. The third-order valence-corrected chi connectivity index (χ3v) is 5.71. The van der Waals surface area contributed by atoms with Crippen LogP contribution in [0.25, 0.3) is 10.4 Å². The third kappa shape index (κ3) is 1.78. The number of imidazole rings is 1. The van der Waals surface area contributed by atoms with Crippen LogP contribution in [0.3, 0.4) is 0 Å². The minimum Gasteiger partial charge on any atom is -0.477 e. The molecule has 2 N–H and O–H groups in total. The number of rotatable bonds is 3. The van der Waals surface area contributed by atoms with Crippen molar-refractivity contribution >= 4 is 33.6 Å². The van der Waals surface area contributed by atoms with Crippen molar-refractivity contribution < 1.29 is 19.8 Å². The summed E-state index contributed by atoms with van der Waals surface area (Å²) in [6, 6.07) is 1.67. The van der Waals surface area contributed by atoms with Gasteiger partial charge in [0.25, 0.3) is 0 Å². The molecule has 2 aromatic heterocycles. The number of hydrogen-bond donors (Lipinski definition) is 2. The molecule has 4 heterocycles. The second-order valence-electron chi connectivity index (χ2n) is 5.89. The Bertz CT molecular complexity index is 964. The van der Waals surface area contributed by atoms with Gasteiger partial charge in [-0.2, -0.15) is 5.26 Å². The number of aromatic nitrogens is 2. The fourth-order valence-electron chi connectivity index (χ4n) is 3.51. The molecule has 0 bridgehead atoms. The summed E-state index contributed by atoms with van der Waals surface area (Å²) in [7, 11) is 0. The molecule has 0 spiro atoms. The topological polar surface area (TPSA) is 119 Å². The number of carbonyl (C=O) groups excluding carboxylic acids is 1. The molecule has 2 aromatic rings. The van der Waals surface area contributed by atoms with Gasteiger partial charge in [0.15, 0.2) is 5.69 Å². The number of aliphatic carboxylic acids is 1. The van der Waals surface area contributed by atoms with Crippen LogP contribution in [0.2, 0.25) is 0 Å². The maximum absolute atomic E-state index is 12.2. The molecule has 0 aliphatic carbocycles. The van der Waals surface area contributed by atoms with E-state index in [1.54, 1.807) is 17.5 Å². The zero-order valence-corrected chi connectivity index (χ0v) is 13.3. The Morgan fingerprint density at radius 3 is 2.96 bits per heavy atom. The van der Waals surface area contributed by atoms with Crippen molar-refractivity contribution in [3.8, 4) is 6.07 Å². The molecule has 1 saturated heterocycles. The molecule has 9 heteroatoms. The lowest BCUT2D eigenvalue weighted by Gasteiger charge is -2.44. The monoisotopic (exact) mass is 344 g/mol. The molecule has 8 nitrogen and oxygen atoms in total. The van der Waals surface area contributed by atoms with Crippen molar-refractivity contribution in [1.29, 1.82) is 5.26 Å². The van der Waals surface area contributed by atoms with Crippen LogP contribution in [0, 0.1) is 17.2 Å². The minimum absolute atomic E-state index is 0.0298. The number of carbonyl (C=O) groups is 2. The standard InChI is InChI=1S/C15H12N4O4S/c1-6(20)11-9-2-7(12(15(22)23)19(9)13(11)21)10-4-18-5-17-8(3-16)14(18)24-10/h4-6,9,11,20H,2H2,1H3,(H,22,23)/t6-,9-,11-/m1/s1. The van der Waals surface area contributed by atoms with Crippen molar-refractivity contribution in [2.45, 2.75) is 25.5 Å². The largest absolute Gasteiger partial charge is 0.477 e. The first-order valence-corrected chi connectivity index (χ1v) is 8.10. The number of aliphatic hydroxyl groups excluding tert-OH is 1. The maximum atomic E-state index is 12.2. The third-order valence-electron chi connectivity index (χ3n) is 4.55. The zero-order valence-electron chi connectivity index (χ0n) is 12.5. The number of nitriles is 1. The average Bonchev–Trinajstić information content (AvgIpc) is 3.15. The Labute approximate surface area is 139 Å². The molecular weight excluding hydrogens is 332 g/mol. The number of thiazole rings is 1. The van der Waals surface area contributed by atoms with Crippen molar-refractivity contribution in [3.63, 3.8) is 0 Å². The summed E-state index contributed by atoms with van der Waals surface area (Å²) >= 11 is 1.27. The van der Waals surface area contributed by atoms with E-state index in [2.05, 4.69) is 4.98 Å². The van der Waals surface area contributed by atoms with E-state index in [1.807, 2.05) is 6.07 Å². The van der Waals surface area contributed by atoms with Crippen LogP contribution >= 0.6 is 11.3 Å². The van der Waals surface area contributed by atoms with Gasteiger partial charge in [0.2, 0.25) is 5.91 Å². The van der Waals surface area contributed by atoms with Gasteiger partial charge in [-0.3, -0.25) is 9.20 Å². The van der Waals surface area contributed by atoms with E-state index >= 15 is 0 Å². The summed E-state index contributed by atoms with van der Waals surface area (Å²) in [4.78, 5) is 30.5. The van der Waals surface area contributed by atoms with Gasteiger partial charge in [-0.15, -0.1) is 11.3 Å². The first kappa shape index (κ1) is 14.9. The Morgan fingerprint density at radius 1 is 1.58 bits per heavy atom. The van der Waals surface area contributed by atoms with Crippen molar-refractivity contribution in [2.75, 3.05) is 0 Å². The van der Waals surface area contributed by atoms with Gasteiger partial charge in [-0.1, -0.05) is 0 Å². The summed E-state index contributed by atoms with van der Waals surface area (Å²) < 4.78 is 1.68. The fourth-order valence-corrected chi connectivity index (χ4v) is 4.58. The van der Waals surface area contributed by atoms with Crippen molar-refractivity contribution in [1.82, 2.24) is 14.3 Å². The number of carboxylic acids is 1. The zero-order chi connectivity index (χ0) is 17.2. The molecule has 122 valence electrons. The average molecular weight is 344 g/mol. The summed E-state index contributed by atoms with van der Waals surface area (Å²) in [5.41, 5.74) is 0.808. The summed E-state index contributed by atoms with van der Waals surface area (Å²) in [5.74, 6) is -2.09. The SMILES string of the molecule is C[C@@H](O)[C@H]1C(=O)N2C(C(=O)O)=C(c3cn4cnc(C#N)c4s3)C[C@H]12. The van der Waals surface area contributed by atoms with Crippen LogP contribution < -0.4 is 0 Å². The molecule has 2 aliphatic rings. The maximum Gasteiger partial charge on any atom is 0.352 e. The number of nitrogens with zero attached hydrogens (tertiary/aromatic N) is 4. The first-order valence-electron chi connectivity index (χ1n) is 7.28. The van der Waals surface area contributed by atoms with Crippen LogP contribution in [0.15, 0.2) is 18.2 Å². The highest BCUT2D eigenvalue weighted by atomic mass is 32.1. The summed E-state index contributed by atoms with van der Waals surface area (Å²) in [6.07, 6.45) is 2.78. The molecule has 0 aromatic carbocycles. The quantitative estimate of drug-likeness (QED) is 0.790. The van der Waals surface area contributed by atoms with E-state index in [9.17, 15) is 19.8 Å². The van der Waals surface area contributed by atoms with Crippen LogP contribution in [0.4, 0.5) is 0 Å². The van der Waals surface area contributed by atoms with Gasteiger partial charge < -0.3 is 15.1 Å². The van der Waals surface area contributed by atoms with Gasteiger partial charge in [0.05, 0.1) is 22.9 Å². The van der Waals surface area contributed by atoms with E-state index in [4.69, 9.17) is 5.26 Å². The molecule has 0 saturated carbocycles. The molecule has 0 radical (unpaired) electrons. The summed E-state index contributed by atoms with van der Waals surface area (Å²) in [5, 5.41) is 28.4. The molecule has 0 unspecified atom stereocenters. The Kier molecular flexibility index (Phi) is 3.03. The first-order chi connectivity index (χ1) is 11.4. The van der Waals surface area contributed by atoms with Crippen LogP contribution in [0.5, 0.6) is 0 Å². The number of β-lactam (4-membered cyclic amide) rings is 1. The normalized spacial score (nSPS) is 24.0. The molecular formula is C15H12N4O4S. The molecule has 2 aliphatic heterocycles. The van der Waals surface area contributed by atoms with Crippen LogP contribution in [0.1, 0.15) is 23.9 Å². The van der Waals surface area contributed by atoms with Gasteiger partial charge in [0.1, 0.15) is 22.9 Å². The summed E-state index contributed by atoms with van der Waals surface area (Å²) in [6.45, 7) is 1.54. The number of carboxylic acid groups (broad SMARTS) is 1. The van der Waals surface area contributed by atoms with Crippen LogP contribution in [-0.2, 0) is 9.59 Å². The lowest BCUT2D eigenvalue weighted by Crippen LogP contribution is -2.61. The molecule has 1 fully saturated rings. The highest BCUT2D eigenvalue weighted by Gasteiger charge is 2.56. The highest BCUT2D eigenvalue weighted by molar-refractivity contribution is 7.18. The van der Waals surface area contributed by atoms with Gasteiger partial charge in [-0.05, 0) is 13.3 Å². The predicted octanol–water partition coefficient (Wildman–Crippen LogP) is 0.675. The molecule has 4 rings (SSSR count). The molecule has 24 heavy (non-hydrogen) atoms. The van der Waals surface area contributed by atoms with Gasteiger partial charge in [-0.25, -0.2) is 9.78 Å². The lowest BCUT2D eigenvalue weighted by molar-refractivity contribution is -0.161. The van der Waals surface area contributed by atoms with E-state index in [0.29, 0.717) is 21.7 Å².